The predicted octanol–water partition coefficient (Wildman–Crippen LogP) is 4.00. The van der Waals surface area contributed by atoms with Crippen LogP contribution in [0.15, 0.2) is 12.1 Å². The molecule has 0 aromatic heterocycles. The summed E-state index contributed by atoms with van der Waals surface area (Å²) >= 11 is 12.6. The minimum Gasteiger partial charge on any atom is -0.495 e. The third-order valence-corrected chi connectivity index (χ3v) is 5.54. The van der Waals surface area contributed by atoms with Crippen LogP contribution in [0.4, 0.5) is 0 Å². The summed E-state index contributed by atoms with van der Waals surface area (Å²) in [5, 5.41) is 4.83. The molecule has 1 aromatic carbocycles. The van der Waals surface area contributed by atoms with E-state index in [4.69, 9.17) is 27.9 Å². The first-order valence-corrected chi connectivity index (χ1v) is 8.32. The summed E-state index contributed by atoms with van der Waals surface area (Å²) in [4.78, 5) is 2.51. The van der Waals surface area contributed by atoms with Gasteiger partial charge in [0.1, 0.15) is 5.75 Å². The molecule has 6 heteroatoms. The number of hydrogen-bond donors (Lipinski definition) is 1. The first kappa shape index (κ1) is 18.2. The fourth-order valence-corrected chi connectivity index (χ4v) is 4.09. The average molecular weight is 366 g/mol. The highest BCUT2D eigenvalue weighted by Crippen LogP contribution is 2.40. The van der Waals surface area contributed by atoms with Crippen molar-refractivity contribution in [1.82, 2.24) is 10.2 Å². The molecule has 2 aliphatic rings. The third kappa shape index (κ3) is 3.82. The molecule has 0 unspecified atom stereocenters. The Morgan fingerprint density at radius 3 is 2.59 bits per heavy atom. The molecule has 1 N–H and O–H groups in total. The van der Waals surface area contributed by atoms with Gasteiger partial charge in [-0.1, -0.05) is 23.2 Å². The van der Waals surface area contributed by atoms with E-state index < -0.39 is 0 Å². The van der Waals surface area contributed by atoms with Crippen molar-refractivity contribution in [3.8, 4) is 5.75 Å². The predicted molar refractivity (Wildman–Crippen MR) is 94.7 cm³/mol. The van der Waals surface area contributed by atoms with Crippen molar-refractivity contribution in [2.45, 2.75) is 25.8 Å². The summed E-state index contributed by atoms with van der Waals surface area (Å²) in [5.74, 6) is 0.640. The van der Waals surface area contributed by atoms with Crippen LogP contribution < -0.4 is 10.1 Å². The number of benzene rings is 1. The van der Waals surface area contributed by atoms with Gasteiger partial charge in [0, 0.05) is 24.2 Å². The van der Waals surface area contributed by atoms with Crippen molar-refractivity contribution in [3.63, 3.8) is 0 Å². The summed E-state index contributed by atoms with van der Waals surface area (Å²) in [6.45, 7) is 5.51. The number of piperidine rings is 1. The number of rotatable bonds is 3. The number of nitrogens with zero attached hydrogens (tertiary/aromatic N) is 1. The first-order chi connectivity index (χ1) is 10.1. The maximum absolute atomic E-state index is 6.36. The minimum absolute atomic E-state index is 0. The first-order valence-electron chi connectivity index (χ1n) is 7.57. The Morgan fingerprint density at radius 1 is 1.18 bits per heavy atom. The van der Waals surface area contributed by atoms with Crippen LogP contribution in [-0.4, -0.2) is 38.2 Å². The van der Waals surface area contributed by atoms with Gasteiger partial charge in [0.15, 0.2) is 0 Å². The Labute approximate surface area is 148 Å². The molecule has 2 saturated heterocycles. The molecule has 1 aromatic rings. The quantitative estimate of drug-likeness (QED) is 0.876. The standard InChI is InChI=1S/C16H22Cl2N2O.ClH/c1-21-15-9-13(17)12(8-14(15)18)10-20-7-4-16(11-20)2-5-19-6-3-16;/h8-9,19H,2-7,10-11H2,1H3;1H. The SMILES string of the molecule is COc1cc(Cl)c(CN2CCC3(CCNCC3)C2)cc1Cl.Cl. The lowest BCUT2D eigenvalue weighted by molar-refractivity contribution is 0.194. The number of ether oxygens (including phenoxy) is 1. The number of halogens is 3. The molecule has 2 aliphatic heterocycles. The molecule has 0 bridgehead atoms. The van der Waals surface area contributed by atoms with Gasteiger partial charge in [0.2, 0.25) is 0 Å². The minimum atomic E-state index is 0. The molecule has 3 nitrogen and oxygen atoms in total. The van der Waals surface area contributed by atoms with Gasteiger partial charge >= 0.3 is 0 Å². The topological polar surface area (TPSA) is 24.5 Å². The highest BCUT2D eigenvalue weighted by atomic mass is 35.5. The lowest BCUT2D eigenvalue weighted by atomic mass is 9.78. The van der Waals surface area contributed by atoms with Crippen molar-refractivity contribution in [2.24, 2.45) is 5.41 Å². The zero-order valence-electron chi connectivity index (χ0n) is 12.8. The van der Waals surface area contributed by atoms with Gasteiger partial charge in [-0.05, 0) is 55.9 Å². The molecule has 0 amide bonds. The number of nitrogens with one attached hydrogen (secondary N) is 1. The summed E-state index contributed by atoms with van der Waals surface area (Å²) in [6.07, 6.45) is 3.89. The Balaban J connectivity index is 0.00000176. The van der Waals surface area contributed by atoms with E-state index in [1.807, 2.05) is 12.1 Å². The van der Waals surface area contributed by atoms with Crippen molar-refractivity contribution in [3.05, 3.63) is 27.7 Å². The molecular formula is C16H23Cl3N2O. The second-order valence-corrected chi connectivity index (χ2v) is 7.10. The molecule has 2 heterocycles. The number of likely N-dealkylation sites (tertiary alicyclic amines) is 1. The van der Waals surface area contributed by atoms with Gasteiger partial charge in [0.25, 0.3) is 0 Å². The largest absolute Gasteiger partial charge is 0.495 e. The Morgan fingerprint density at radius 2 is 1.91 bits per heavy atom. The van der Waals surface area contributed by atoms with Gasteiger partial charge < -0.3 is 10.1 Å². The average Bonchev–Trinajstić information content (AvgIpc) is 2.86. The summed E-state index contributed by atoms with van der Waals surface area (Å²) in [5.41, 5.74) is 1.61. The van der Waals surface area contributed by atoms with E-state index in [1.54, 1.807) is 7.11 Å². The van der Waals surface area contributed by atoms with Gasteiger partial charge in [-0.25, -0.2) is 0 Å². The highest BCUT2D eigenvalue weighted by Gasteiger charge is 2.38. The third-order valence-electron chi connectivity index (χ3n) is 4.90. The Hall–Kier alpha value is -0.190. The lowest BCUT2D eigenvalue weighted by Gasteiger charge is -2.34. The second kappa shape index (κ2) is 7.59. The zero-order chi connectivity index (χ0) is 14.9. The highest BCUT2D eigenvalue weighted by molar-refractivity contribution is 6.34. The van der Waals surface area contributed by atoms with Crippen molar-refractivity contribution in [2.75, 3.05) is 33.3 Å². The van der Waals surface area contributed by atoms with Crippen molar-refractivity contribution < 1.29 is 4.74 Å². The number of hydrogen-bond acceptors (Lipinski definition) is 3. The normalized spacial score (nSPS) is 20.9. The molecular weight excluding hydrogens is 343 g/mol. The van der Waals surface area contributed by atoms with Crippen molar-refractivity contribution >= 4 is 35.6 Å². The van der Waals surface area contributed by atoms with E-state index >= 15 is 0 Å². The van der Waals surface area contributed by atoms with E-state index in [2.05, 4.69) is 10.2 Å². The fraction of sp³-hybridized carbons (Fsp3) is 0.625. The van der Waals surface area contributed by atoms with Gasteiger partial charge in [0.05, 0.1) is 12.1 Å². The maximum atomic E-state index is 6.36. The summed E-state index contributed by atoms with van der Waals surface area (Å²) < 4.78 is 5.20. The van der Waals surface area contributed by atoms with Crippen LogP contribution in [0.5, 0.6) is 5.75 Å². The molecule has 0 saturated carbocycles. The molecule has 2 fully saturated rings. The van der Waals surface area contributed by atoms with Crippen LogP contribution in [0.25, 0.3) is 0 Å². The maximum Gasteiger partial charge on any atom is 0.138 e. The molecule has 0 atom stereocenters. The fourth-order valence-electron chi connectivity index (χ4n) is 3.62. The van der Waals surface area contributed by atoms with E-state index in [-0.39, 0.29) is 12.4 Å². The van der Waals surface area contributed by atoms with Gasteiger partial charge in [-0.15, -0.1) is 12.4 Å². The van der Waals surface area contributed by atoms with E-state index in [0.717, 1.165) is 36.8 Å². The number of methoxy groups -OCH3 is 1. The molecule has 22 heavy (non-hydrogen) atoms. The van der Waals surface area contributed by atoms with Crippen LogP contribution >= 0.6 is 35.6 Å². The van der Waals surface area contributed by atoms with Crippen LogP contribution in [0.1, 0.15) is 24.8 Å². The van der Waals surface area contributed by atoms with Crippen LogP contribution in [0, 0.1) is 5.41 Å². The van der Waals surface area contributed by atoms with Crippen LogP contribution in [0.2, 0.25) is 10.0 Å². The molecule has 0 radical (unpaired) electrons. The molecule has 0 aliphatic carbocycles. The second-order valence-electron chi connectivity index (χ2n) is 6.29. The van der Waals surface area contributed by atoms with E-state index in [0.29, 0.717) is 16.2 Å². The van der Waals surface area contributed by atoms with Crippen molar-refractivity contribution in [1.29, 1.82) is 0 Å². The lowest BCUT2D eigenvalue weighted by Crippen LogP contribution is -2.38. The van der Waals surface area contributed by atoms with Crippen LogP contribution in [0.3, 0.4) is 0 Å². The Kier molecular flexibility index (Phi) is 6.26. The zero-order valence-corrected chi connectivity index (χ0v) is 15.2. The van der Waals surface area contributed by atoms with E-state index in [1.165, 1.54) is 25.8 Å². The molecule has 3 rings (SSSR count). The Bertz CT molecular complexity index is 518. The van der Waals surface area contributed by atoms with Gasteiger partial charge in [-0.2, -0.15) is 0 Å². The van der Waals surface area contributed by atoms with E-state index in [9.17, 15) is 0 Å². The smallest absolute Gasteiger partial charge is 0.138 e. The molecule has 124 valence electrons. The molecule has 1 spiro atoms. The summed E-state index contributed by atoms with van der Waals surface area (Å²) in [7, 11) is 1.61. The monoisotopic (exact) mass is 364 g/mol. The summed E-state index contributed by atoms with van der Waals surface area (Å²) in [6, 6.07) is 3.76. The van der Waals surface area contributed by atoms with Gasteiger partial charge in [-0.3, -0.25) is 4.90 Å². The van der Waals surface area contributed by atoms with Crippen LogP contribution in [-0.2, 0) is 6.54 Å².